The molecule has 0 saturated heterocycles. The fourth-order valence-corrected chi connectivity index (χ4v) is 1.39. The van der Waals surface area contributed by atoms with E-state index in [0.717, 1.165) is 12.1 Å². The normalized spacial score (nSPS) is 12.4. The molecule has 0 radical (unpaired) electrons. The van der Waals surface area contributed by atoms with E-state index in [1.807, 2.05) is 0 Å². The highest BCUT2D eigenvalue weighted by Gasteiger charge is 2.13. The fraction of sp³-hybridized carbons (Fsp3) is 0.0833. The van der Waals surface area contributed by atoms with Crippen LogP contribution in [0.1, 0.15) is 17.4 Å². The lowest BCUT2D eigenvalue weighted by molar-refractivity contribution is 0.214. The van der Waals surface area contributed by atoms with Crippen LogP contribution in [0.2, 0.25) is 0 Å². The highest BCUT2D eigenvalue weighted by atomic mass is 19.2. The average Bonchev–Trinajstić information content (AvgIpc) is 2.33. The number of rotatable bonds is 2. The van der Waals surface area contributed by atoms with Crippen LogP contribution < -0.4 is 0 Å². The summed E-state index contributed by atoms with van der Waals surface area (Å²) in [5.41, 5.74) is 0.672. The fourth-order valence-electron chi connectivity index (χ4n) is 1.39. The number of nitrogens with zero attached hydrogens (tertiary/aromatic N) is 1. The third kappa shape index (κ3) is 2.06. The maximum absolute atomic E-state index is 12.9. The van der Waals surface area contributed by atoms with Crippen molar-refractivity contribution in [3.8, 4) is 0 Å². The Morgan fingerprint density at radius 1 is 1.06 bits per heavy atom. The Morgan fingerprint density at radius 2 is 1.88 bits per heavy atom. The standard InChI is InChI=1S/C12H9F2NO/c13-9-5-4-8(7-10(9)14)12(16)11-3-1-2-6-15-11/h1-7,12,16H/t12-/m1/s1. The van der Waals surface area contributed by atoms with E-state index >= 15 is 0 Å². The maximum atomic E-state index is 12.9. The van der Waals surface area contributed by atoms with Gasteiger partial charge in [-0.2, -0.15) is 0 Å². The zero-order chi connectivity index (χ0) is 11.5. The van der Waals surface area contributed by atoms with Gasteiger partial charge in [0.15, 0.2) is 11.6 Å². The second-order valence-corrected chi connectivity index (χ2v) is 3.33. The van der Waals surface area contributed by atoms with E-state index in [0.29, 0.717) is 5.69 Å². The minimum Gasteiger partial charge on any atom is -0.382 e. The van der Waals surface area contributed by atoms with E-state index in [1.54, 1.807) is 18.2 Å². The lowest BCUT2D eigenvalue weighted by Crippen LogP contribution is -2.02. The van der Waals surface area contributed by atoms with Crippen molar-refractivity contribution in [1.82, 2.24) is 4.98 Å². The predicted molar refractivity (Wildman–Crippen MR) is 54.7 cm³/mol. The van der Waals surface area contributed by atoms with Crippen LogP contribution in [0.5, 0.6) is 0 Å². The van der Waals surface area contributed by atoms with Gasteiger partial charge in [0.25, 0.3) is 0 Å². The number of aromatic nitrogens is 1. The summed E-state index contributed by atoms with van der Waals surface area (Å²) in [7, 11) is 0. The summed E-state index contributed by atoms with van der Waals surface area (Å²) in [5.74, 6) is -1.91. The van der Waals surface area contributed by atoms with E-state index in [9.17, 15) is 13.9 Å². The predicted octanol–water partition coefficient (Wildman–Crippen LogP) is 2.44. The van der Waals surface area contributed by atoms with Gasteiger partial charge in [0.2, 0.25) is 0 Å². The summed E-state index contributed by atoms with van der Waals surface area (Å²) in [6.07, 6.45) is 0.481. The first-order chi connectivity index (χ1) is 7.68. The Labute approximate surface area is 91.2 Å². The molecule has 0 bridgehead atoms. The minimum absolute atomic E-state index is 0.276. The van der Waals surface area contributed by atoms with Crippen LogP contribution in [-0.2, 0) is 0 Å². The lowest BCUT2D eigenvalue weighted by Gasteiger charge is -2.10. The summed E-state index contributed by atoms with van der Waals surface area (Å²) in [4.78, 5) is 3.94. The Kier molecular flexibility index (Phi) is 2.92. The van der Waals surface area contributed by atoms with Crippen LogP contribution in [0.4, 0.5) is 8.78 Å². The SMILES string of the molecule is O[C@H](c1ccc(F)c(F)c1)c1ccccn1. The third-order valence-electron chi connectivity index (χ3n) is 2.23. The Bertz CT molecular complexity index is 488. The number of hydrogen-bond donors (Lipinski definition) is 1. The molecule has 1 N–H and O–H groups in total. The van der Waals surface area contributed by atoms with Gasteiger partial charge in [0, 0.05) is 6.20 Å². The average molecular weight is 221 g/mol. The molecule has 0 amide bonds. The molecule has 0 spiro atoms. The van der Waals surface area contributed by atoms with Crippen LogP contribution in [-0.4, -0.2) is 10.1 Å². The molecular weight excluding hydrogens is 212 g/mol. The molecule has 1 aromatic heterocycles. The zero-order valence-corrected chi connectivity index (χ0v) is 8.27. The molecule has 1 atom stereocenters. The van der Waals surface area contributed by atoms with Crippen molar-refractivity contribution in [2.45, 2.75) is 6.10 Å². The van der Waals surface area contributed by atoms with Crippen LogP contribution in [0, 0.1) is 11.6 Å². The van der Waals surface area contributed by atoms with Crippen molar-refractivity contribution >= 4 is 0 Å². The molecule has 16 heavy (non-hydrogen) atoms. The topological polar surface area (TPSA) is 33.1 Å². The van der Waals surface area contributed by atoms with Crippen molar-refractivity contribution in [3.63, 3.8) is 0 Å². The molecule has 2 nitrogen and oxygen atoms in total. The van der Waals surface area contributed by atoms with Crippen molar-refractivity contribution in [2.24, 2.45) is 0 Å². The van der Waals surface area contributed by atoms with Crippen molar-refractivity contribution < 1.29 is 13.9 Å². The second kappa shape index (κ2) is 4.37. The van der Waals surface area contributed by atoms with Gasteiger partial charge in [0.05, 0.1) is 5.69 Å². The first kappa shape index (κ1) is 10.7. The molecule has 2 aromatic rings. The Balaban J connectivity index is 2.34. The number of pyridine rings is 1. The number of halogens is 2. The van der Waals surface area contributed by atoms with Gasteiger partial charge in [0.1, 0.15) is 6.10 Å². The molecule has 0 saturated carbocycles. The van der Waals surface area contributed by atoms with Crippen LogP contribution in [0.3, 0.4) is 0 Å². The van der Waals surface area contributed by atoms with E-state index in [-0.39, 0.29) is 5.56 Å². The maximum Gasteiger partial charge on any atom is 0.159 e. The van der Waals surface area contributed by atoms with Gasteiger partial charge in [-0.15, -0.1) is 0 Å². The van der Waals surface area contributed by atoms with Gasteiger partial charge in [-0.05, 0) is 29.8 Å². The molecule has 1 heterocycles. The quantitative estimate of drug-likeness (QED) is 0.844. The molecule has 0 fully saturated rings. The molecule has 4 heteroatoms. The monoisotopic (exact) mass is 221 g/mol. The number of aliphatic hydroxyl groups excluding tert-OH is 1. The first-order valence-electron chi connectivity index (χ1n) is 4.72. The highest BCUT2D eigenvalue weighted by Crippen LogP contribution is 2.21. The van der Waals surface area contributed by atoms with Gasteiger partial charge in [-0.25, -0.2) is 8.78 Å². The zero-order valence-electron chi connectivity index (χ0n) is 8.27. The lowest BCUT2D eigenvalue weighted by atomic mass is 10.1. The Hall–Kier alpha value is -1.81. The number of aliphatic hydroxyl groups is 1. The first-order valence-corrected chi connectivity index (χ1v) is 4.72. The molecule has 0 aliphatic rings. The molecular formula is C12H9F2NO. The van der Waals surface area contributed by atoms with Crippen molar-refractivity contribution in [1.29, 1.82) is 0 Å². The van der Waals surface area contributed by atoms with Crippen LogP contribution in [0.25, 0.3) is 0 Å². The molecule has 0 aliphatic heterocycles. The van der Waals surface area contributed by atoms with E-state index in [1.165, 1.54) is 12.3 Å². The summed E-state index contributed by atoms with van der Waals surface area (Å²) in [5, 5.41) is 9.86. The van der Waals surface area contributed by atoms with E-state index in [2.05, 4.69) is 4.98 Å². The van der Waals surface area contributed by atoms with Crippen LogP contribution in [0.15, 0.2) is 42.6 Å². The summed E-state index contributed by atoms with van der Waals surface area (Å²) >= 11 is 0. The Morgan fingerprint density at radius 3 is 2.50 bits per heavy atom. The smallest absolute Gasteiger partial charge is 0.159 e. The molecule has 82 valence electrons. The summed E-state index contributed by atoms with van der Waals surface area (Å²) < 4.78 is 25.6. The molecule has 1 aromatic carbocycles. The van der Waals surface area contributed by atoms with E-state index < -0.39 is 17.7 Å². The van der Waals surface area contributed by atoms with Crippen LogP contribution >= 0.6 is 0 Å². The van der Waals surface area contributed by atoms with Gasteiger partial charge >= 0.3 is 0 Å². The third-order valence-corrected chi connectivity index (χ3v) is 2.23. The van der Waals surface area contributed by atoms with Crippen molar-refractivity contribution in [3.05, 3.63) is 65.5 Å². The summed E-state index contributed by atoms with van der Waals surface area (Å²) in [6, 6.07) is 8.32. The van der Waals surface area contributed by atoms with Crippen molar-refractivity contribution in [2.75, 3.05) is 0 Å². The largest absolute Gasteiger partial charge is 0.382 e. The highest BCUT2D eigenvalue weighted by molar-refractivity contribution is 5.26. The minimum atomic E-state index is -1.05. The molecule has 2 rings (SSSR count). The van der Waals surface area contributed by atoms with E-state index in [4.69, 9.17) is 0 Å². The number of benzene rings is 1. The van der Waals surface area contributed by atoms with Gasteiger partial charge < -0.3 is 5.11 Å². The van der Waals surface area contributed by atoms with Gasteiger partial charge in [-0.3, -0.25) is 4.98 Å². The molecule has 0 aliphatic carbocycles. The van der Waals surface area contributed by atoms with Gasteiger partial charge in [-0.1, -0.05) is 12.1 Å². The summed E-state index contributed by atoms with van der Waals surface area (Å²) in [6.45, 7) is 0. The molecule has 0 unspecified atom stereocenters. The second-order valence-electron chi connectivity index (χ2n) is 3.33. The number of hydrogen-bond acceptors (Lipinski definition) is 2.